The molecule has 1 heterocycles. The van der Waals surface area contributed by atoms with Gasteiger partial charge in [-0.25, -0.2) is 0 Å². The zero-order valence-electron chi connectivity index (χ0n) is 6.25. The van der Waals surface area contributed by atoms with Gasteiger partial charge in [0.25, 0.3) is 0 Å². The van der Waals surface area contributed by atoms with Gasteiger partial charge < -0.3 is 0 Å². The number of hydrogen-bond donors (Lipinski definition) is 0. The topological polar surface area (TPSA) is 12.9 Å². The van der Waals surface area contributed by atoms with Crippen LogP contribution in [0.3, 0.4) is 0 Å². The van der Waals surface area contributed by atoms with Crippen molar-refractivity contribution in [2.75, 3.05) is 0 Å². The predicted molar refractivity (Wildman–Crippen MR) is 49.1 cm³/mol. The first-order valence-electron chi connectivity index (χ1n) is 3.27. The summed E-state index contributed by atoms with van der Waals surface area (Å²) in [5, 5.41) is 0. The van der Waals surface area contributed by atoms with Crippen LogP contribution in [0.1, 0.15) is 11.1 Å². The third-order valence-corrected chi connectivity index (χ3v) is 1.42. The fraction of sp³-hybridized carbons (Fsp3) is 0. The molecule has 0 spiro atoms. The van der Waals surface area contributed by atoms with Crippen LogP contribution in [0.2, 0.25) is 0 Å². The number of nitrogens with zero attached hydrogens (tertiary/aromatic N) is 1. The number of aromatic nitrogens is 1. The van der Waals surface area contributed by atoms with E-state index >= 15 is 0 Å². The summed E-state index contributed by atoms with van der Waals surface area (Å²) in [4.78, 5) is 3.93. The Bertz CT molecular complexity index is 291. The molecular formula is C9H8BN. The molecular weight excluding hydrogens is 133 g/mol. The van der Waals surface area contributed by atoms with Crippen molar-refractivity contribution in [2.45, 2.75) is 0 Å². The van der Waals surface area contributed by atoms with Gasteiger partial charge in [0.05, 0.1) is 0 Å². The summed E-state index contributed by atoms with van der Waals surface area (Å²) in [7, 11) is 5.52. The molecule has 0 bridgehead atoms. The smallest absolute Gasteiger partial charge is 0.113 e. The lowest BCUT2D eigenvalue weighted by molar-refractivity contribution is 1.31. The summed E-state index contributed by atoms with van der Waals surface area (Å²) in [6, 6.07) is 1.82. The fourth-order valence-electron chi connectivity index (χ4n) is 0.862. The van der Waals surface area contributed by atoms with Gasteiger partial charge in [-0.05, 0) is 17.2 Å². The van der Waals surface area contributed by atoms with Crippen LogP contribution in [0.15, 0.2) is 31.6 Å². The van der Waals surface area contributed by atoms with Gasteiger partial charge >= 0.3 is 0 Å². The normalized spacial score (nSPS) is 9.09. The number of hydrogen-bond acceptors (Lipinski definition) is 1. The van der Waals surface area contributed by atoms with Crippen LogP contribution in [0.4, 0.5) is 0 Å². The Kier molecular flexibility index (Phi) is 2.26. The first kappa shape index (κ1) is 7.80. The quantitative estimate of drug-likeness (QED) is 0.572. The molecule has 0 amide bonds. The van der Waals surface area contributed by atoms with Crippen molar-refractivity contribution in [1.29, 1.82) is 0 Å². The van der Waals surface area contributed by atoms with E-state index < -0.39 is 0 Å². The number of rotatable bonds is 2. The van der Waals surface area contributed by atoms with E-state index in [1.165, 1.54) is 0 Å². The van der Waals surface area contributed by atoms with Gasteiger partial charge in [-0.2, -0.15) is 0 Å². The third kappa shape index (κ3) is 1.58. The highest BCUT2D eigenvalue weighted by Gasteiger charge is 1.96. The van der Waals surface area contributed by atoms with Crippen LogP contribution in [0.5, 0.6) is 0 Å². The van der Waals surface area contributed by atoms with Crippen LogP contribution >= 0.6 is 0 Å². The highest BCUT2D eigenvalue weighted by molar-refractivity contribution is 6.42. The molecule has 0 unspecified atom stereocenters. The van der Waals surface area contributed by atoms with Gasteiger partial charge in [0, 0.05) is 12.4 Å². The minimum atomic E-state index is 0.544. The molecule has 2 heteroatoms. The lowest BCUT2D eigenvalue weighted by Gasteiger charge is -2.02. The van der Waals surface area contributed by atoms with E-state index in [-0.39, 0.29) is 0 Å². The molecule has 1 rings (SSSR count). The second-order valence-corrected chi connectivity index (χ2v) is 2.19. The molecule has 0 aliphatic carbocycles. The van der Waals surface area contributed by atoms with Crippen LogP contribution in [0.25, 0.3) is 11.5 Å². The van der Waals surface area contributed by atoms with E-state index in [0.717, 1.165) is 11.1 Å². The zero-order valence-corrected chi connectivity index (χ0v) is 6.25. The molecule has 0 aliphatic rings. The summed E-state index contributed by atoms with van der Waals surface area (Å²) in [6.45, 7) is 7.27. The van der Waals surface area contributed by atoms with Crippen LogP contribution in [-0.4, -0.2) is 12.8 Å². The summed E-state index contributed by atoms with van der Waals surface area (Å²) in [6.07, 6.45) is 5.10. The van der Waals surface area contributed by atoms with Crippen molar-refractivity contribution in [2.24, 2.45) is 0 Å². The largest absolute Gasteiger partial charge is 0.264 e. The molecule has 1 aromatic rings. The molecule has 52 valence electrons. The van der Waals surface area contributed by atoms with Gasteiger partial charge in [0.2, 0.25) is 0 Å². The second kappa shape index (κ2) is 3.19. The molecule has 0 saturated carbocycles. The van der Waals surface area contributed by atoms with E-state index in [4.69, 9.17) is 7.85 Å². The molecule has 0 aromatic carbocycles. The minimum Gasteiger partial charge on any atom is -0.264 e. The first-order chi connectivity index (χ1) is 5.25. The maximum atomic E-state index is 5.52. The van der Waals surface area contributed by atoms with E-state index in [1.54, 1.807) is 18.5 Å². The van der Waals surface area contributed by atoms with Crippen molar-refractivity contribution in [3.63, 3.8) is 0 Å². The Morgan fingerprint density at radius 1 is 1.64 bits per heavy atom. The molecule has 1 aromatic heterocycles. The molecule has 11 heavy (non-hydrogen) atoms. The molecule has 2 radical (unpaired) electrons. The summed E-state index contributed by atoms with van der Waals surface area (Å²) < 4.78 is 0. The molecule has 1 nitrogen and oxygen atoms in total. The lowest BCUT2D eigenvalue weighted by atomic mass is 9.88. The van der Waals surface area contributed by atoms with Gasteiger partial charge in [-0.3, -0.25) is 4.98 Å². The fourth-order valence-corrected chi connectivity index (χ4v) is 0.862. The van der Waals surface area contributed by atoms with Crippen LogP contribution < -0.4 is 0 Å². The van der Waals surface area contributed by atoms with Crippen LogP contribution in [-0.2, 0) is 0 Å². The second-order valence-electron chi connectivity index (χ2n) is 2.19. The van der Waals surface area contributed by atoms with Gasteiger partial charge in [0.15, 0.2) is 0 Å². The standard InChI is InChI=1S/C9H8BN/c1-3-8-6-11-5-4-9(8)7(2)10/h3-6H,1-2H2. The SMILES string of the molecule is [B]C(=C)c1ccncc1C=C. The third-order valence-electron chi connectivity index (χ3n) is 1.42. The molecule has 0 N–H and O–H groups in total. The molecule has 0 saturated heterocycles. The zero-order chi connectivity index (χ0) is 8.27. The Morgan fingerprint density at radius 3 is 2.82 bits per heavy atom. The Labute approximate surface area is 67.9 Å². The summed E-state index contributed by atoms with van der Waals surface area (Å²) in [5.74, 6) is 0. The Balaban J connectivity index is 3.22. The maximum Gasteiger partial charge on any atom is 0.113 e. The minimum absolute atomic E-state index is 0.544. The van der Waals surface area contributed by atoms with Crippen molar-refractivity contribution < 1.29 is 0 Å². The van der Waals surface area contributed by atoms with Gasteiger partial charge in [0.1, 0.15) is 7.85 Å². The molecule has 0 fully saturated rings. The number of pyridine rings is 1. The highest BCUT2D eigenvalue weighted by Crippen LogP contribution is 2.14. The average Bonchev–Trinajstić information content (AvgIpc) is 2.04. The van der Waals surface area contributed by atoms with Crippen molar-refractivity contribution in [3.8, 4) is 0 Å². The summed E-state index contributed by atoms with van der Waals surface area (Å²) in [5.41, 5.74) is 2.36. The van der Waals surface area contributed by atoms with E-state index in [9.17, 15) is 0 Å². The van der Waals surface area contributed by atoms with Crippen molar-refractivity contribution in [3.05, 3.63) is 42.7 Å². The monoisotopic (exact) mass is 141 g/mol. The van der Waals surface area contributed by atoms with E-state index in [0.29, 0.717) is 5.47 Å². The molecule has 0 atom stereocenters. The lowest BCUT2D eigenvalue weighted by Crippen LogP contribution is -1.87. The summed E-state index contributed by atoms with van der Waals surface area (Å²) >= 11 is 0. The van der Waals surface area contributed by atoms with Gasteiger partial charge in [-0.15, -0.1) is 6.58 Å². The average molecular weight is 141 g/mol. The highest BCUT2D eigenvalue weighted by atomic mass is 14.6. The predicted octanol–water partition coefficient (Wildman–Crippen LogP) is 1.86. The van der Waals surface area contributed by atoms with Crippen LogP contribution in [0, 0.1) is 0 Å². The van der Waals surface area contributed by atoms with E-state index in [2.05, 4.69) is 18.1 Å². The maximum absolute atomic E-state index is 5.52. The van der Waals surface area contributed by atoms with E-state index in [1.807, 2.05) is 6.07 Å². The Hall–Kier alpha value is -1.31. The Morgan fingerprint density at radius 2 is 2.36 bits per heavy atom. The van der Waals surface area contributed by atoms with Crippen molar-refractivity contribution in [1.82, 2.24) is 4.98 Å². The van der Waals surface area contributed by atoms with Crippen molar-refractivity contribution >= 4 is 19.4 Å². The first-order valence-corrected chi connectivity index (χ1v) is 3.27. The van der Waals surface area contributed by atoms with Gasteiger partial charge in [-0.1, -0.05) is 18.1 Å². The molecule has 0 aliphatic heterocycles.